The topological polar surface area (TPSA) is 67.8 Å². The van der Waals surface area contributed by atoms with E-state index >= 15 is 0 Å². The molecule has 0 radical (unpaired) electrons. The van der Waals surface area contributed by atoms with E-state index in [9.17, 15) is 0 Å². The second-order valence-electron chi connectivity index (χ2n) is 6.41. The lowest BCUT2D eigenvalue weighted by molar-refractivity contribution is 0.145. The number of hydrogen-bond acceptors (Lipinski definition) is 5. The minimum Gasteiger partial charge on any atom is -0.497 e. The van der Waals surface area contributed by atoms with Gasteiger partial charge in [-0.3, -0.25) is 0 Å². The lowest BCUT2D eigenvalue weighted by Crippen LogP contribution is -2.39. The minimum absolute atomic E-state index is 0.615. The van der Waals surface area contributed by atoms with Crippen LogP contribution in [0.4, 0.5) is 0 Å². The number of aryl methyl sites for hydroxylation is 2. The summed E-state index contributed by atoms with van der Waals surface area (Å²) in [7, 11) is 1.67. The van der Waals surface area contributed by atoms with Gasteiger partial charge in [-0.25, -0.2) is 9.98 Å². The molecule has 0 saturated heterocycles. The van der Waals surface area contributed by atoms with E-state index in [1.807, 2.05) is 31.2 Å². The Morgan fingerprint density at radius 2 is 1.89 bits per heavy atom. The summed E-state index contributed by atoms with van der Waals surface area (Å²) in [4.78, 5) is 10.6. The molecule has 0 fully saturated rings. The first kappa shape index (κ1) is 22.2. The molecule has 0 atom stereocenters. The molecule has 0 saturated carbocycles. The molecule has 0 bridgehead atoms. The van der Waals surface area contributed by atoms with Gasteiger partial charge in [-0.15, -0.1) is 11.3 Å². The molecule has 0 aliphatic rings. The SMILES string of the molecule is CCOCCCNC(=NCc1ccc(OC)cc1)NCCc1sc(C)nc1C. The summed E-state index contributed by atoms with van der Waals surface area (Å²) in [5.41, 5.74) is 2.27. The molecular weight excluding hydrogens is 372 g/mol. The van der Waals surface area contributed by atoms with Crippen LogP contribution in [0.2, 0.25) is 0 Å². The molecule has 2 aromatic rings. The Bertz CT molecular complexity index is 729. The van der Waals surface area contributed by atoms with Crippen LogP contribution in [0.25, 0.3) is 0 Å². The number of nitrogens with one attached hydrogen (secondary N) is 2. The first-order valence-corrected chi connectivity index (χ1v) is 10.6. The molecular formula is C21H32N4O2S. The number of thiazole rings is 1. The second-order valence-corrected chi connectivity index (χ2v) is 7.70. The molecule has 154 valence electrons. The van der Waals surface area contributed by atoms with Crippen LogP contribution in [0.1, 0.15) is 34.5 Å². The Kier molecular flexibility index (Phi) is 9.79. The van der Waals surface area contributed by atoms with Gasteiger partial charge < -0.3 is 20.1 Å². The number of rotatable bonds is 11. The number of aromatic nitrogens is 1. The van der Waals surface area contributed by atoms with Crippen LogP contribution in [0.3, 0.4) is 0 Å². The van der Waals surface area contributed by atoms with E-state index in [2.05, 4.69) is 29.5 Å². The Morgan fingerprint density at radius 1 is 1.14 bits per heavy atom. The summed E-state index contributed by atoms with van der Waals surface area (Å²) in [5, 5.41) is 7.96. The van der Waals surface area contributed by atoms with Gasteiger partial charge in [-0.05, 0) is 44.9 Å². The lowest BCUT2D eigenvalue weighted by atomic mass is 10.2. The molecule has 1 aromatic carbocycles. The molecule has 0 aliphatic carbocycles. The number of methoxy groups -OCH3 is 1. The van der Waals surface area contributed by atoms with Crippen molar-refractivity contribution in [2.45, 2.75) is 40.2 Å². The van der Waals surface area contributed by atoms with E-state index in [1.165, 1.54) is 4.88 Å². The van der Waals surface area contributed by atoms with E-state index < -0.39 is 0 Å². The molecule has 1 aromatic heterocycles. The number of guanidine groups is 1. The summed E-state index contributed by atoms with van der Waals surface area (Å²) in [6, 6.07) is 8.00. The van der Waals surface area contributed by atoms with Crippen molar-refractivity contribution < 1.29 is 9.47 Å². The van der Waals surface area contributed by atoms with Crippen molar-refractivity contribution in [2.75, 3.05) is 33.4 Å². The number of aliphatic imine (C=N–C) groups is 1. The smallest absolute Gasteiger partial charge is 0.191 e. The Morgan fingerprint density at radius 3 is 2.54 bits per heavy atom. The molecule has 7 heteroatoms. The van der Waals surface area contributed by atoms with Gasteiger partial charge in [0.15, 0.2) is 5.96 Å². The Labute approximate surface area is 172 Å². The summed E-state index contributed by atoms with van der Waals surface area (Å²) in [5.74, 6) is 1.68. The predicted octanol–water partition coefficient (Wildman–Crippen LogP) is 3.47. The highest BCUT2D eigenvalue weighted by molar-refractivity contribution is 7.11. The number of hydrogen-bond donors (Lipinski definition) is 2. The van der Waals surface area contributed by atoms with E-state index in [0.29, 0.717) is 6.54 Å². The fourth-order valence-electron chi connectivity index (χ4n) is 2.70. The average Bonchev–Trinajstić information content (AvgIpc) is 3.02. The van der Waals surface area contributed by atoms with Crippen LogP contribution in [0.5, 0.6) is 5.75 Å². The Hall–Kier alpha value is -2.12. The van der Waals surface area contributed by atoms with Gasteiger partial charge in [0.25, 0.3) is 0 Å². The van der Waals surface area contributed by atoms with Crippen LogP contribution < -0.4 is 15.4 Å². The van der Waals surface area contributed by atoms with Crippen molar-refractivity contribution in [2.24, 2.45) is 4.99 Å². The molecule has 0 spiro atoms. The molecule has 6 nitrogen and oxygen atoms in total. The monoisotopic (exact) mass is 404 g/mol. The van der Waals surface area contributed by atoms with Gasteiger partial charge >= 0.3 is 0 Å². The van der Waals surface area contributed by atoms with Crippen LogP contribution in [0, 0.1) is 13.8 Å². The third-order valence-electron chi connectivity index (χ3n) is 4.18. The average molecular weight is 405 g/mol. The quantitative estimate of drug-likeness (QED) is 0.341. The van der Waals surface area contributed by atoms with Crippen LogP contribution in [-0.2, 0) is 17.7 Å². The Balaban J connectivity index is 1.89. The maximum Gasteiger partial charge on any atom is 0.191 e. The maximum absolute atomic E-state index is 5.40. The highest BCUT2D eigenvalue weighted by Gasteiger charge is 2.05. The minimum atomic E-state index is 0.615. The van der Waals surface area contributed by atoms with E-state index in [0.717, 1.165) is 67.1 Å². The fourth-order valence-corrected chi connectivity index (χ4v) is 3.64. The second kappa shape index (κ2) is 12.4. The maximum atomic E-state index is 5.40. The zero-order valence-corrected chi connectivity index (χ0v) is 18.2. The standard InChI is InChI=1S/C21H32N4O2S/c1-5-27-14-6-12-22-21(23-13-11-20-16(2)25-17(3)28-20)24-15-18-7-9-19(26-4)10-8-18/h7-10H,5-6,11-15H2,1-4H3,(H2,22,23,24). The van der Waals surface area contributed by atoms with Crippen molar-refractivity contribution in [1.29, 1.82) is 0 Å². The number of benzene rings is 1. The fraction of sp³-hybridized carbons (Fsp3) is 0.524. The van der Waals surface area contributed by atoms with Crippen molar-refractivity contribution in [3.63, 3.8) is 0 Å². The highest BCUT2D eigenvalue weighted by atomic mass is 32.1. The lowest BCUT2D eigenvalue weighted by Gasteiger charge is -2.13. The third-order valence-corrected chi connectivity index (χ3v) is 5.32. The normalized spacial score (nSPS) is 11.5. The largest absolute Gasteiger partial charge is 0.497 e. The molecule has 28 heavy (non-hydrogen) atoms. The molecule has 1 heterocycles. The predicted molar refractivity (Wildman–Crippen MR) is 117 cm³/mol. The van der Waals surface area contributed by atoms with Crippen molar-refractivity contribution >= 4 is 17.3 Å². The van der Waals surface area contributed by atoms with Crippen molar-refractivity contribution in [3.8, 4) is 5.75 Å². The van der Waals surface area contributed by atoms with Gasteiger partial charge in [0.05, 0.1) is 24.4 Å². The first-order valence-electron chi connectivity index (χ1n) is 9.78. The highest BCUT2D eigenvalue weighted by Crippen LogP contribution is 2.17. The van der Waals surface area contributed by atoms with Gasteiger partial charge in [-0.1, -0.05) is 12.1 Å². The third kappa shape index (κ3) is 7.86. The zero-order valence-electron chi connectivity index (χ0n) is 17.4. The zero-order chi connectivity index (χ0) is 20.2. The van der Waals surface area contributed by atoms with Crippen molar-refractivity contribution in [3.05, 3.63) is 45.4 Å². The van der Waals surface area contributed by atoms with Gasteiger partial charge in [0.1, 0.15) is 5.75 Å². The van der Waals surface area contributed by atoms with Gasteiger partial charge in [0, 0.05) is 37.6 Å². The summed E-state index contributed by atoms with van der Waals surface area (Å²) in [6.45, 7) is 9.91. The van der Waals surface area contributed by atoms with Crippen LogP contribution in [-0.4, -0.2) is 44.4 Å². The first-order chi connectivity index (χ1) is 13.6. The number of ether oxygens (including phenoxy) is 2. The van der Waals surface area contributed by atoms with E-state index in [1.54, 1.807) is 18.4 Å². The summed E-state index contributed by atoms with van der Waals surface area (Å²) < 4.78 is 10.6. The molecule has 0 aliphatic heterocycles. The molecule has 2 N–H and O–H groups in total. The molecule has 0 unspecified atom stereocenters. The van der Waals surface area contributed by atoms with Crippen LogP contribution in [0.15, 0.2) is 29.3 Å². The van der Waals surface area contributed by atoms with Gasteiger partial charge in [0.2, 0.25) is 0 Å². The molecule has 0 amide bonds. The van der Waals surface area contributed by atoms with Crippen LogP contribution >= 0.6 is 11.3 Å². The van der Waals surface area contributed by atoms with E-state index in [4.69, 9.17) is 14.5 Å². The summed E-state index contributed by atoms with van der Waals surface area (Å²) >= 11 is 1.77. The van der Waals surface area contributed by atoms with Crippen molar-refractivity contribution in [1.82, 2.24) is 15.6 Å². The number of nitrogens with zero attached hydrogens (tertiary/aromatic N) is 2. The molecule has 2 rings (SSSR count). The van der Waals surface area contributed by atoms with E-state index in [-0.39, 0.29) is 0 Å². The summed E-state index contributed by atoms with van der Waals surface area (Å²) in [6.07, 6.45) is 1.89. The van der Waals surface area contributed by atoms with Gasteiger partial charge in [-0.2, -0.15) is 0 Å².